The van der Waals surface area contributed by atoms with E-state index in [9.17, 15) is 0 Å². The standard InChI is InChI=1S/C20H23NO/c1-4-15-21(16-17-11-13-19(22-3)14-12-17)20(5-2)18-9-7-6-8-10-18/h4-14,20H,1-2,15-16H2,3H3/t20-/m0/s1. The summed E-state index contributed by atoms with van der Waals surface area (Å²) in [5, 5.41) is 0. The summed E-state index contributed by atoms with van der Waals surface area (Å²) < 4.78 is 5.21. The molecule has 0 unspecified atom stereocenters. The van der Waals surface area contributed by atoms with Crippen LogP contribution in [0.15, 0.2) is 79.9 Å². The number of hydrogen-bond acceptors (Lipinski definition) is 2. The highest BCUT2D eigenvalue weighted by molar-refractivity contribution is 5.28. The van der Waals surface area contributed by atoms with Gasteiger partial charge in [-0.25, -0.2) is 0 Å². The van der Waals surface area contributed by atoms with Crippen LogP contribution in [0.25, 0.3) is 0 Å². The zero-order valence-electron chi connectivity index (χ0n) is 13.1. The van der Waals surface area contributed by atoms with Crippen molar-refractivity contribution in [1.82, 2.24) is 4.90 Å². The lowest BCUT2D eigenvalue weighted by Gasteiger charge is -2.29. The maximum Gasteiger partial charge on any atom is 0.118 e. The predicted octanol–water partition coefficient (Wildman–Crippen LogP) is 4.61. The molecule has 2 rings (SSSR count). The summed E-state index contributed by atoms with van der Waals surface area (Å²) in [4.78, 5) is 2.34. The quantitative estimate of drug-likeness (QED) is 0.659. The molecule has 0 radical (unpaired) electrons. The molecule has 0 saturated carbocycles. The number of nitrogens with zero attached hydrogens (tertiary/aromatic N) is 1. The molecule has 0 aromatic heterocycles. The summed E-state index contributed by atoms with van der Waals surface area (Å²) in [6, 6.07) is 18.8. The summed E-state index contributed by atoms with van der Waals surface area (Å²) in [5.74, 6) is 0.877. The van der Waals surface area contributed by atoms with Gasteiger partial charge in [-0.1, -0.05) is 54.6 Å². The van der Waals surface area contributed by atoms with Crippen molar-refractivity contribution in [2.75, 3.05) is 13.7 Å². The minimum Gasteiger partial charge on any atom is -0.497 e. The average molecular weight is 293 g/mol. The van der Waals surface area contributed by atoms with Gasteiger partial charge in [-0.2, -0.15) is 0 Å². The van der Waals surface area contributed by atoms with Crippen LogP contribution >= 0.6 is 0 Å². The van der Waals surface area contributed by atoms with Gasteiger partial charge in [0, 0.05) is 13.1 Å². The fraction of sp³-hybridized carbons (Fsp3) is 0.200. The maximum atomic E-state index is 5.21. The molecular weight excluding hydrogens is 270 g/mol. The molecule has 0 aliphatic carbocycles. The number of ether oxygens (including phenoxy) is 1. The Labute approximate surface area is 133 Å². The number of rotatable bonds is 8. The minimum absolute atomic E-state index is 0.168. The first-order valence-corrected chi connectivity index (χ1v) is 7.44. The van der Waals surface area contributed by atoms with E-state index in [1.165, 1.54) is 11.1 Å². The first-order valence-electron chi connectivity index (χ1n) is 7.44. The molecule has 1 atom stereocenters. The molecule has 0 aliphatic rings. The maximum absolute atomic E-state index is 5.21. The Hall–Kier alpha value is -2.32. The van der Waals surface area contributed by atoms with Gasteiger partial charge in [0.2, 0.25) is 0 Å². The summed E-state index contributed by atoms with van der Waals surface area (Å²) in [5.41, 5.74) is 2.48. The monoisotopic (exact) mass is 293 g/mol. The van der Waals surface area contributed by atoms with E-state index in [1.807, 2.05) is 30.4 Å². The molecular formula is C20H23NO. The van der Waals surface area contributed by atoms with Crippen molar-refractivity contribution in [1.29, 1.82) is 0 Å². The lowest BCUT2D eigenvalue weighted by molar-refractivity contribution is 0.248. The van der Waals surface area contributed by atoms with Crippen LogP contribution in [0, 0.1) is 0 Å². The van der Waals surface area contributed by atoms with Crippen molar-refractivity contribution >= 4 is 0 Å². The molecule has 2 aromatic carbocycles. The zero-order valence-corrected chi connectivity index (χ0v) is 13.1. The smallest absolute Gasteiger partial charge is 0.118 e. The van der Waals surface area contributed by atoms with E-state index in [0.29, 0.717) is 0 Å². The first-order chi connectivity index (χ1) is 10.8. The normalized spacial score (nSPS) is 11.9. The van der Waals surface area contributed by atoms with Crippen LogP contribution in [0.1, 0.15) is 17.2 Å². The van der Waals surface area contributed by atoms with Crippen LogP contribution in [-0.2, 0) is 6.54 Å². The lowest BCUT2D eigenvalue weighted by atomic mass is 10.0. The topological polar surface area (TPSA) is 12.5 Å². The van der Waals surface area contributed by atoms with E-state index in [2.05, 4.69) is 54.5 Å². The Balaban J connectivity index is 2.20. The van der Waals surface area contributed by atoms with E-state index >= 15 is 0 Å². The van der Waals surface area contributed by atoms with E-state index in [1.54, 1.807) is 7.11 Å². The Morgan fingerprint density at radius 1 is 1.05 bits per heavy atom. The van der Waals surface area contributed by atoms with Gasteiger partial charge >= 0.3 is 0 Å². The Kier molecular flexibility index (Phi) is 5.99. The molecule has 0 fully saturated rings. The van der Waals surface area contributed by atoms with Crippen molar-refractivity contribution in [3.05, 3.63) is 91.0 Å². The van der Waals surface area contributed by atoms with Gasteiger partial charge in [-0.15, -0.1) is 13.2 Å². The molecule has 0 amide bonds. The van der Waals surface area contributed by atoms with Gasteiger partial charge in [0.1, 0.15) is 5.75 Å². The number of benzene rings is 2. The van der Waals surface area contributed by atoms with E-state index in [0.717, 1.165) is 18.8 Å². The molecule has 0 saturated heterocycles. The first kappa shape index (κ1) is 16.1. The fourth-order valence-corrected chi connectivity index (χ4v) is 2.55. The van der Waals surface area contributed by atoms with E-state index in [-0.39, 0.29) is 6.04 Å². The van der Waals surface area contributed by atoms with Gasteiger partial charge in [0.05, 0.1) is 13.2 Å². The molecule has 114 valence electrons. The van der Waals surface area contributed by atoms with Crippen molar-refractivity contribution in [2.24, 2.45) is 0 Å². The second-order valence-corrected chi connectivity index (χ2v) is 5.16. The third kappa shape index (κ3) is 4.09. The summed E-state index contributed by atoms with van der Waals surface area (Å²) in [6.45, 7) is 9.54. The van der Waals surface area contributed by atoms with Crippen molar-refractivity contribution in [2.45, 2.75) is 12.6 Å². The Bertz CT molecular complexity index is 589. The molecule has 0 bridgehead atoms. The Morgan fingerprint density at radius 3 is 2.27 bits per heavy atom. The second-order valence-electron chi connectivity index (χ2n) is 5.16. The Morgan fingerprint density at radius 2 is 1.73 bits per heavy atom. The molecule has 2 aromatic rings. The van der Waals surface area contributed by atoms with E-state index in [4.69, 9.17) is 4.74 Å². The van der Waals surface area contributed by atoms with Crippen molar-refractivity contribution < 1.29 is 4.74 Å². The summed E-state index contributed by atoms with van der Waals surface area (Å²) in [7, 11) is 1.68. The number of methoxy groups -OCH3 is 1. The SMILES string of the molecule is C=CCN(Cc1ccc(OC)cc1)[C@@H](C=C)c1ccccc1. The van der Waals surface area contributed by atoms with Gasteiger partial charge in [0.25, 0.3) is 0 Å². The molecule has 2 heteroatoms. The van der Waals surface area contributed by atoms with Crippen LogP contribution in [0.4, 0.5) is 0 Å². The van der Waals surface area contributed by atoms with Crippen LogP contribution in [0.5, 0.6) is 5.75 Å². The van der Waals surface area contributed by atoms with Crippen LogP contribution in [0.3, 0.4) is 0 Å². The highest BCUT2D eigenvalue weighted by atomic mass is 16.5. The largest absolute Gasteiger partial charge is 0.497 e. The van der Waals surface area contributed by atoms with Crippen molar-refractivity contribution in [3.63, 3.8) is 0 Å². The van der Waals surface area contributed by atoms with Gasteiger partial charge < -0.3 is 4.74 Å². The van der Waals surface area contributed by atoms with Gasteiger partial charge in [-0.05, 0) is 23.3 Å². The second kappa shape index (κ2) is 8.20. The molecule has 22 heavy (non-hydrogen) atoms. The third-order valence-electron chi connectivity index (χ3n) is 3.67. The van der Waals surface area contributed by atoms with Crippen LogP contribution in [-0.4, -0.2) is 18.6 Å². The average Bonchev–Trinajstić information content (AvgIpc) is 2.57. The highest BCUT2D eigenvalue weighted by Gasteiger charge is 2.16. The van der Waals surface area contributed by atoms with Gasteiger partial charge in [0.15, 0.2) is 0 Å². The summed E-state index contributed by atoms with van der Waals surface area (Å²) >= 11 is 0. The zero-order chi connectivity index (χ0) is 15.8. The predicted molar refractivity (Wildman–Crippen MR) is 93.0 cm³/mol. The molecule has 0 spiro atoms. The molecule has 0 aliphatic heterocycles. The third-order valence-corrected chi connectivity index (χ3v) is 3.67. The van der Waals surface area contributed by atoms with Gasteiger partial charge in [-0.3, -0.25) is 4.90 Å². The lowest BCUT2D eigenvalue weighted by Crippen LogP contribution is -2.27. The fourth-order valence-electron chi connectivity index (χ4n) is 2.55. The van der Waals surface area contributed by atoms with E-state index < -0.39 is 0 Å². The highest BCUT2D eigenvalue weighted by Crippen LogP contribution is 2.24. The number of hydrogen-bond donors (Lipinski definition) is 0. The van der Waals surface area contributed by atoms with Crippen molar-refractivity contribution in [3.8, 4) is 5.75 Å². The molecule has 2 nitrogen and oxygen atoms in total. The molecule has 0 heterocycles. The molecule has 0 N–H and O–H groups in total. The summed E-state index contributed by atoms with van der Waals surface area (Å²) in [6.07, 6.45) is 3.92. The minimum atomic E-state index is 0.168. The van der Waals surface area contributed by atoms with Crippen LogP contribution < -0.4 is 4.74 Å². The van der Waals surface area contributed by atoms with Crippen LogP contribution in [0.2, 0.25) is 0 Å².